The van der Waals surface area contributed by atoms with Crippen molar-refractivity contribution in [3.8, 4) is 0 Å². The van der Waals surface area contributed by atoms with Gasteiger partial charge in [-0.05, 0) is 46.5 Å². The Bertz CT molecular complexity index is 1050. The standard InChI is InChI=1S/C25H22N2/c1-18(22-15-7-11-20-9-3-5-13-24(20)22)26-17-27-19(2)23-16-8-12-21-10-4-6-14-25(21)23/h3-16,18-19H,1-2H3. The normalized spacial score (nSPS) is 13.1. The van der Waals surface area contributed by atoms with E-state index in [1.54, 1.807) is 0 Å². The Morgan fingerprint density at radius 2 is 0.963 bits per heavy atom. The average Bonchev–Trinajstić information content (AvgIpc) is 2.72. The van der Waals surface area contributed by atoms with Crippen molar-refractivity contribution >= 4 is 27.6 Å². The molecular weight excluding hydrogens is 328 g/mol. The number of benzene rings is 4. The van der Waals surface area contributed by atoms with E-state index in [9.17, 15) is 0 Å². The number of nitrogens with zero attached hydrogens (tertiary/aromatic N) is 2. The lowest BCUT2D eigenvalue weighted by Gasteiger charge is -2.10. The molecule has 0 amide bonds. The van der Waals surface area contributed by atoms with Crippen LogP contribution in [0.15, 0.2) is 94.9 Å². The second-order valence-electron chi connectivity index (χ2n) is 6.85. The molecule has 2 unspecified atom stereocenters. The van der Waals surface area contributed by atoms with Gasteiger partial charge in [-0.2, -0.15) is 0 Å². The van der Waals surface area contributed by atoms with E-state index in [2.05, 4.69) is 115 Å². The molecule has 2 heteroatoms. The highest BCUT2D eigenvalue weighted by atomic mass is 14.9. The Morgan fingerprint density at radius 3 is 1.44 bits per heavy atom. The summed E-state index contributed by atoms with van der Waals surface area (Å²) in [7, 11) is 0. The minimum absolute atomic E-state index is 0.0135. The quantitative estimate of drug-likeness (QED) is 0.354. The van der Waals surface area contributed by atoms with Crippen molar-refractivity contribution < 1.29 is 0 Å². The van der Waals surface area contributed by atoms with Crippen molar-refractivity contribution in [3.63, 3.8) is 0 Å². The van der Waals surface area contributed by atoms with Crippen molar-refractivity contribution in [1.29, 1.82) is 0 Å². The Hall–Kier alpha value is -3.22. The Labute approximate surface area is 159 Å². The summed E-state index contributed by atoms with van der Waals surface area (Å²) in [4.78, 5) is 9.15. The van der Waals surface area contributed by atoms with Crippen LogP contribution in [0.4, 0.5) is 0 Å². The fraction of sp³-hybridized carbons (Fsp3) is 0.160. The van der Waals surface area contributed by atoms with Crippen LogP contribution in [-0.4, -0.2) is 6.01 Å². The third-order valence-electron chi connectivity index (χ3n) is 5.05. The lowest BCUT2D eigenvalue weighted by atomic mass is 10.00. The molecule has 0 radical (unpaired) electrons. The summed E-state index contributed by atoms with van der Waals surface area (Å²) in [6, 6.07) is 32.5. The molecule has 2 atom stereocenters. The first-order valence-corrected chi connectivity index (χ1v) is 9.34. The molecule has 0 heterocycles. The molecule has 4 rings (SSSR count). The van der Waals surface area contributed by atoms with Crippen LogP contribution >= 0.6 is 0 Å². The highest BCUT2D eigenvalue weighted by molar-refractivity contribution is 5.87. The number of hydrogen-bond donors (Lipinski definition) is 0. The SMILES string of the molecule is CC(N=C=NC(C)c1cccc2ccccc12)c1cccc2ccccc12. The minimum atomic E-state index is 0.0135. The zero-order chi connectivity index (χ0) is 18.6. The molecule has 0 spiro atoms. The van der Waals surface area contributed by atoms with Crippen LogP contribution in [-0.2, 0) is 0 Å². The second-order valence-corrected chi connectivity index (χ2v) is 6.85. The van der Waals surface area contributed by atoms with Crippen LogP contribution in [0.2, 0.25) is 0 Å². The third kappa shape index (κ3) is 3.53. The first kappa shape index (κ1) is 17.2. The van der Waals surface area contributed by atoms with E-state index in [0.717, 1.165) is 0 Å². The van der Waals surface area contributed by atoms with Crippen LogP contribution in [0.5, 0.6) is 0 Å². The van der Waals surface area contributed by atoms with Crippen LogP contribution in [0.1, 0.15) is 37.1 Å². The van der Waals surface area contributed by atoms with Gasteiger partial charge in [-0.3, -0.25) is 0 Å². The average molecular weight is 350 g/mol. The first-order chi connectivity index (χ1) is 13.2. The van der Waals surface area contributed by atoms with Crippen molar-refractivity contribution in [2.45, 2.75) is 25.9 Å². The maximum Gasteiger partial charge on any atom is 0.0905 e. The van der Waals surface area contributed by atoms with Gasteiger partial charge in [0.05, 0.1) is 18.1 Å². The lowest BCUT2D eigenvalue weighted by molar-refractivity contribution is 0.810. The molecule has 4 aromatic rings. The third-order valence-corrected chi connectivity index (χ3v) is 5.05. The van der Waals surface area contributed by atoms with Gasteiger partial charge in [0.25, 0.3) is 0 Å². The van der Waals surface area contributed by atoms with Crippen molar-refractivity contribution in [3.05, 3.63) is 96.1 Å². The van der Waals surface area contributed by atoms with Crippen molar-refractivity contribution in [2.24, 2.45) is 9.98 Å². The topological polar surface area (TPSA) is 24.7 Å². The molecule has 2 nitrogen and oxygen atoms in total. The minimum Gasteiger partial charge on any atom is -0.218 e. The van der Waals surface area contributed by atoms with Gasteiger partial charge in [0.15, 0.2) is 0 Å². The summed E-state index contributed by atoms with van der Waals surface area (Å²) in [5, 5.41) is 4.94. The summed E-state index contributed by atoms with van der Waals surface area (Å²) in [5.41, 5.74) is 2.40. The summed E-state index contributed by atoms with van der Waals surface area (Å²) >= 11 is 0. The van der Waals surface area contributed by atoms with E-state index in [0.29, 0.717) is 0 Å². The van der Waals surface area contributed by atoms with Crippen molar-refractivity contribution in [2.75, 3.05) is 0 Å². The fourth-order valence-corrected chi connectivity index (χ4v) is 3.58. The van der Waals surface area contributed by atoms with E-state index >= 15 is 0 Å². The molecule has 0 aliphatic heterocycles. The molecule has 0 N–H and O–H groups in total. The van der Waals surface area contributed by atoms with Gasteiger partial charge < -0.3 is 0 Å². The van der Waals surface area contributed by atoms with E-state index in [1.807, 2.05) is 0 Å². The molecule has 0 fully saturated rings. The molecular formula is C25H22N2. The molecule has 132 valence electrons. The number of hydrogen-bond acceptors (Lipinski definition) is 2. The summed E-state index contributed by atoms with van der Waals surface area (Å²) in [5.74, 6) is 0. The van der Waals surface area contributed by atoms with E-state index in [-0.39, 0.29) is 12.1 Å². The van der Waals surface area contributed by atoms with Gasteiger partial charge in [-0.1, -0.05) is 84.9 Å². The lowest BCUT2D eigenvalue weighted by Crippen LogP contribution is -1.93. The predicted molar refractivity (Wildman–Crippen MR) is 115 cm³/mol. The molecule has 0 aliphatic carbocycles. The van der Waals surface area contributed by atoms with E-state index in [4.69, 9.17) is 0 Å². The summed E-state index contributed by atoms with van der Waals surface area (Å²) in [6.45, 7) is 4.18. The highest BCUT2D eigenvalue weighted by Crippen LogP contribution is 2.27. The van der Waals surface area contributed by atoms with E-state index in [1.165, 1.54) is 32.7 Å². The van der Waals surface area contributed by atoms with Gasteiger partial charge >= 0.3 is 0 Å². The Morgan fingerprint density at radius 1 is 0.556 bits per heavy atom. The zero-order valence-electron chi connectivity index (χ0n) is 15.6. The number of fused-ring (bicyclic) bond motifs is 2. The van der Waals surface area contributed by atoms with Crippen LogP contribution in [0.3, 0.4) is 0 Å². The number of rotatable bonds is 4. The van der Waals surface area contributed by atoms with Gasteiger partial charge in [-0.25, -0.2) is 9.98 Å². The van der Waals surface area contributed by atoms with E-state index < -0.39 is 0 Å². The largest absolute Gasteiger partial charge is 0.218 e. The first-order valence-electron chi connectivity index (χ1n) is 9.34. The maximum absolute atomic E-state index is 4.57. The van der Waals surface area contributed by atoms with Gasteiger partial charge in [0, 0.05) is 0 Å². The molecule has 0 aliphatic rings. The maximum atomic E-state index is 4.57. The van der Waals surface area contributed by atoms with Crippen molar-refractivity contribution in [1.82, 2.24) is 0 Å². The summed E-state index contributed by atoms with van der Waals surface area (Å²) < 4.78 is 0. The Balaban J connectivity index is 1.62. The monoisotopic (exact) mass is 350 g/mol. The van der Waals surface area contributed by atoms with Crippen LogP contribution < -0.4 is 0 Å². The predicted octanol–water partition coefficient (Wildman–Crippen LogP) is 6.99. The second kappa shape index (κ2) is 7.57. The summed E-state index contributed by atoms with van der Waals surface area (Å²) in [6.07, 6.45) is 0. The molecule has 0 saturated carbocycles. The Kier molecular flexibility index (Phi) is 4.82. The molecule has 4 aromatic carbocycles. The molecule has 0 bridgehead atoms. The fourth-order valence-electron chi connectivity index (χ4n) is 3.58. The molecule has 0 saturated heterocycles. The van der Waals surface area contributed by atoms with Crippen LogP contribution in [0, 0.1) is 0 Å². The molecule has 0 aromatic heterocycles. The number of aliphatic imine (C=N–C) groups is 2. The highest BCUT2D eigenvalue weighted by Gasteiger charge is 2.08. The van der Waals surface area contributed by atoms with Gasteiger partial charge in [-0.15, -0.1) is 0 Å². The van der Waals surface area contributed by atoms with Gasteiger partial charge in [0.1, 0.15) is 0 Å². The smallest absolute Gasteiger partial charge is 0.0905 e. The van der Waals surface area contributed by atoms with Crippen LogP contribution in [0.25, 0.3) is 21.5 Å². The zero-order valence-corrected chi connectivity index (χ0v) is 15.6. The van der Waals surface area contributed by atoms with Gasteiger partial charge in [0.2, 0.25) is 0 Å². The molecule has 27 heavy (non-hydrogen) atoms.